The predicted molar refractivity (Wildman–Crippen MR) is 77.6 cm³/mol. The Balaban J connectivity index is 2.19. The fourth-order valence-corrected chi connectivity index (χ4v) is 2.66. The second-order valence-corrected chi connectivity index (χ2v) is 5.01. The second-order valence-electron chi connectivity index (χ2n) is 5.01. The molecule has 108 valence electrons. The molecule has 0 radical (unpaired) electrons. The number of alkyl halides is 2. The molecule has 0 aliphatic heterocycles. The maximum atomic E-state index is 12.9. The van der Waals surface area contributed by atoms with Gasteiger partial charge in [0.1, 0.15) is 5.75 Å². The quantitative estimate of drug-likeness (QED) is 0.758. The summed E-state index contributed by atoms with van der Waals surface area (Å²) in [7, 11) is 0. The number of hydrogen-bond donors (Lipinski definition) is 1. The Kier molecular flexibility index (Phi) is 3.12. The summed E-state index contributed by atoms with van der Waals surface area (Å²) in [5.41, 5.74) is 2.59. The molecule has 2 aromatic carbocycles. The summed E-state index contributed by atoms with van der Waals surface area (Å²) in [6.45, 7) is 0.722. The molecule has 0 amide bonds. The standard InChI is InChI=1S/C16H14F2N2O/c1-9-15(10(2)20(19-9)16(17)18)13-4-3-12-8-14(21)6-5-11(12)7-13/h3-8,16,21H,1-2H3. The normalized spacial score (nSPS) is 11.5. The average Bonchev–Trinajstić information content (AvgIpc) is 2.74. The minimum Gasteiger partial charge on any atom is -0.508 e. The monoisotopic (exact) mass is 288 g/mol. The van der Waals surface area contributed by atoms with Crippen LogP contribution in [0.1, 0.15) is 17.9 Å². The Labute approximate surface area is 120 Å². The molecule has 0 spiro atoms. The minimum atomic E-state index is -2.64. The zero-order valence-corrected chi connectivity index (χ0v) is 11.6. The van der Waals surface area contributed by atoms with Crippen molar-refractivity contribution in [2.45, 2.75) is 20.4 Å². The Morgan fingerprint density at radius 3 is 2.38 bits per heavy atom. The highest BCUT2D eigenvalue weighted by atomic mass is 19.3. The van der Waals surface area contributed by atoms with Gasteiger partial charge in [0.25, 0.3) is 0 Å². The number of benzene rings is 2. The number of aryl methyl sites for hydroxylation is 1. The summed E-state index contributed by atoms with van der Waals surface area (Å²) in [6.07, 6.45) is 0. The Bertz CT molecular complexity index is 825. The highest BCUT2D eigenvalue weighted by Gasteiger charge is 2.18. The van der Waals surface area contributed by atoms with Crippen LogP contribution in [0.4, 0.5) is 8.78 Å². The van der Waals surface area contributed by atoms with Crippen LogP contribution in [0.25, 0.3) is 21.9 Å². The molecular formula is C16H14F2N2O. The maximum Gasteiger partial charge on any atom is 0.333 e. The summed E-state index contributed by atoms with van der Waals surface area (Å²) < 4.78 is 26.6. The number of rotatable bonds is 2. The van der Waals surface area contributed by atoms with E-state index in [1.54, 1.807) is 32.0 Å². The first-order chi connectivity index (χ1) is 9.97. The van der Waals surface area contributed by atoms with E-state index < -0.39 is 6.55 Å². The summed E-state index contributed by atoms with van der Waals surface area (Å²) in [5, 5.41) is 15.2. The van der Waals surface area contributed by atoms with Crippen molar-refractivity contribution in [3.8, 4) is 16.9 Å². The lowest BCUT2D eigenvalue weighted by Gasteiger charge is -2.06. The molecule has 0 bridgehead atoms. The van der Waals surface area contributed by atoms with Crippen molar-refractivity contribution >= 4 is 10.8 Å². The zero-order chi connectivity index (χ0) is 15.1. The molecule has 3 rings (SSSR count). The van der Waals surface area contributed by atoms with Crippen LogP contribution in [0.15, 0.2) is 36.4 Å². The van der Waals surface area contributed by atoms with Gasteiger partial charge in [-0.15, -0.1) is 0 Å². The fourth-order valence-electron chi connectivity index (χ4n) is 2.66. The van der Waals surface area contributed by atoms with E-state index in [4.69, 9.17) is 0 Å². The molecule has 0 aliphatic rings. The van der Waals surface area contributed by atoms with Crippen LogP contribution in [0.2, 0.25) is 0 Å². The summed E-state index contributed by atoms with van der Waals surface area (Å²) in [5.74, 6) is 0.202. The van der Waals surface area contributed by atoms with E-state index in [-0.39, 0.29) is 5.75 Å². The third-order valence-electron chi connectivity index (χ3n) is 3.62. The van der Waals surface area contributed by atoms with Crippen molar-refractivity contribution in [3.05, 3.63) is 47.8 Å². The van der Waals surface area contributed by atoms with Gasteiger partial charge in [0.05, 0.1) is 5.69 Å². The van der Waals surface area contributed by atoms with Gasteiger partial charge in [-0.3, -0.25) is 0 Å². The molecule has 1 aromatic heterocycles. The van der Waals surface area contributed by atoms with E-state index in [1.807, 2.05) is 18.2 Å². The van der Waals surface area contributed by atoms with E-state index in [0.717, 1.165) is 26.6 Å². The number of aromatic hydroxyl groups is 1. The molecule has 0 unspecified atom stereocenters. The predicted octanol–water partition coefficient (Wildman–Crippen LogP) is 4.42. The molecule has 0 fully saturated rings. The fraction of sp³-hybridized carbons (Fsp3) is 0.188. The largest absolute Gasteiger partial charge is 0.508 e. The molecule has 3 aromatic rings. The van der Waals surface area contributed by atoms with Gasteiger partial charge in [-0.05, 0) is 48.4 Å². The SMILES string of the molecule is Cc1nn(C(F)F)c(C)c1-c1ccc2cc(O)ccc2c1. The van der Waals surface area contributed by atoms with Gasteiger partial charge in [0.15, 0.2) is 0 Å². The first kappa shape index (κ1) is 13.5. The highest BCUT2D eigenvalue weighted by molar-refractivity contribution is 5.89. The van der Waals surface area contributed by atoms with Gasteiger partial charge in [0, 0.05) is 11.3 Å². The van der Waals surface area contributed by atoms with Crippen molar-refractivity contribution in [3.63, 3.8) is 0 Å². The molecule has 0 atom stereocenters. The lowest BCUT2D eigenvalue weighted by Crippen LogP contribution is -2.02. The van der Waals surface area contributed by atoms with Crippen molar-refractivity contribution in [1.82, 2.24) is 9.78 Å². The lowest BCUT2D eigenvalue weighted by atomic mass is 10.00. The minimum absolute atomic E-state index is 0.202. The number of hydrogen-bond acceptors (Lipinski definition) is 2. The van der Waals surface area contributed by atoms with Crippen molar-refractivity contribution in [1.29, 1.82) is 0 Å². The number of halogens is 2. The van der Waals surface area contributed by atoms with Crippen molar-refractivity contribution in [2.24, 2.45) is 0 Å². The molecule has 21 heavy (non-hydrogen) atoms. The zero-order valence-electron chi connectivity index (χ0n) is 11.6. The topological polar surface area (TPSA) is 38.0 Å². The van der Waals surface area contributed by atoms with Gasteiger partial charge < -0.3 is 5.11 Å². The first-order valence-corrected chi connectivity index (χ1v) is 6.54. The van der Waals surface area contributed by atoms with Crippen molar-refractivity contribution < 1.29 is 13.9 Å². The molecule has 3 nitrogen and oxygen atoms in total. The van der Waals surface area contributed by atoms with Crippen LogP contribution in [0.5, 0.6) is 5.75 Å². The van der Waals surface area contributed by atoms with E-state index in [2.05, 4.69) is 5.10 Å². The van der Waals surface area contributed by atoms with Crippen LogP contribution >= 0.6 is 0 Å². The van der Waals surface area contributed by atoms with Crippen LogP contribution in [-0.4, -0.2) is 14.9 Å². The molecule has 1 heterocycles. The van der Waals surface area contributed by atoms with Gasteiger partial charge in [-0.2, -0.15) is 13.9 Å². The number of aromatic nitrogens is 2. The third kappa shape index (κ3) is 2.24. The number of phenols is 1. The van der Waals surface area contributed by atoms with Gasteiger partial charge >= 0.3 is 6.55 Å². The second kappa shape index (κ2) is 4.84. The number of phenolic OH excluding ortho intramolecular Hbond substituents is 1. The Morgan fingerprint density at radius 2 is 1.71 bits per heavy atom. The molecule has 0 saturated heterocycles. The number of fused-ring (bicyclic) bond motifs is 1. The van der Waals surface area contributed by atoms with E-state index in [9.17, 15) is 13.9 Å². The van der Waals surface area contributed by atoms with Crippen LogP contribution in [0.3, 0.4) is 0 Å². The molecule has 0 aliphatic carbocycles. The lowest BCUT2D eigenvalue weighted by molar-refractivity contribution is 0.0542. The average molecular weight is 288 g/mol. The maximum absolute atomic E-state index is 12.9. The van der Waals surface area contributed by atoms with Gasteiger partial charge in [-0.25, -0.2) is 4.68 Å². The molecule has 5 heteroatoms. The van der Waals surface area contributed by atoms with E-state index >= 15 is 0 Å². The molecular weight excluding hydrogens is 274 g/mol. The van der Waals surface area contributed by atoms with Gasteiger partial charge in [0.2, 0.25) is 0 Å². The molecule has 1 N–H and O–H groups in total. The Hall–Kier alpha value is -2.43. The van der Waals surface area contributed by atoms with Gasteiger partial charge in [-0.1, -0.05) is 18.2 Å². The Morgan fingerprint density at radius 1 is 1.05 bits per heavy atom. The summed E-state index contributed by atoms with van der Waals surface area (Å²) >= 11 is 0. The molecule has 0 saturated carbocycles. The van der Waals surface area contributed by atoms with E-state index in [1.165, 1.54) is 0 Å². The first-order valence-electron chi connectivity index (χ1n) is 6.54. The van der Waals surface area contributed by atoms with Crippen LogP contribution < -0.4 is 0 Å². The highest BCUT2D eigenvalue weighted by Crippen LogP contribution is 2.32. The van der Waals surface area contributed by atoms with Crippen LogP contribution in [-0.2, 0) is 0 Å². The summed E-state index contributed by atoms with van der Waals surface area (Å²) in [6, 6.07) is 10.7. The van der Waals surface area contributed by atoms with E-state index in [0.29, 0.717) is 11.4 Å². The third-order valence-corrected chi connectivity index (χ3v) is 3.62. The van der Waals surface area contributed by atoms with Crippen molar-refractivity contribution in [2.75, 3.05) is 0 Å². The van der Waals surface area contributed by atoms with Crippen LogP contribution in [0, 0.1) is 13.8 Å². The summed E-state index contributed by atoms with van der Waals surface area (Å²) in [4.78, 5) is 0. The smallest absolute Gasteiger partial charge is 0.333 e. The number of nitrogens with zero attached hydrogens (tertiary/aromatic N) is 2.